The fourth-order valence-electron chi connectivity index (χ4n) is 2.26. The lowest BCUT2D eigenvalue weighted by atomic mass is 9.95. The van der Waals surface area contributed by atoms with Gasteiger partial charge in [-0.15, -0.1) is 11.3 Å². The van der Waals surface area contributed by atoms with Gasteiger partial charge in [-0.3, -0.25) is 4.79 Å². The number of hydrogen-bond donors (Lipinski definition) is 1. The van der Waals surface area contributed by atoms with Gasteiger partial charge in [0.2, 0.25) is 5.91 Å². The number of carbonyl (C=O) groups excluding carboxylic acids is 1. The molecule has 2 aromatic rings. The van der Waals surface area contributed by atoms with Gasteiger partial charge in [0.25, 0.3) is 0 Å². The summed E-state index contributed by atoms with van der Waals surface area (Å²) >= 11 is 1.62. The molecule has 3 rings (SSSR count). The molecule has 1 aromatic carbocycles. The monoisotopic (exact) mass is 257 g/mol. The summed E-state index contributed by atoms with van der Waals surface area (Å²) in [4.78, 5) is 13.6. The van der Waals surface area contributed by atoms with Crippen molar-refractivity contribution in [2.45, 2.75) is 25.2 Å². The first-order valence-corrected chi connectivity index (χ1v) is 6.96. The standard InChI is InChI=1S/C15H15NOS/c1-11-7-8-13(18-11)16-14(17)15(9-10-15)12-5-3-2-4-6-12/h2-8H,9-10H2,1H3,(H,16,17). The minimum Gasteiger partial charge on any atom is -0.317 e. The van der Waals surface area contributed by atoms with Gasteiger partial charge in [-0.2, -0.15) is 0 Å². The minimum absolute atomic E-state index is 0.135. The zero-order chi connectivity index (χ0) is 12.6. The summed E-state index contributed by atoms with van der Waals surface area (Å²) < 4.78 is 0. The van der Waals surface area contributed by atoms with Crippen LogP contribution in [0.1, 0.15) is 23.3 Å². The Morgan fingerprint density at radius 1 is 1.17 bits per heavy atom. The molecule has 1 aliphatic carbocycles. The van der Waals surface area contributed by atoms with Crippen LogP contribution in [0, 0.1) is 6.92 Å². The van der Waals surface area contributed by atoms with Crippen molar-refractivity contribution in [1.29, 1.82) is 0 Å². The molecule has 1 aliphatic rings. The molecule has 1 N–H and O–H groups in total. The highest BCUT2D eigenvalue weighted by atomic mass is 32.1. The molecule has 1 fully saturated rings. The van der Waals surface area contributed by atoms with Gasteiger partial charge in [-0.05, 0) is 37.5 Å². The van der Waals surface area contributed by atoms with E-state index in [0.717, 1.165) is 23.4 Å². The van der Waals surface area contributed by atoms with E-state index in [2.05, 4.69) is 5.32 Å². The quantitative estimate of drug-likeness (QED) is 0.892. The lowest BCUT2D eigenvalue weighted by Gasteiger charge is -2.14. The number of anilines is 1. The van der Waals surface area contributed by atoms with Crippen molar-refractivity contribution in [3.05, 3.63) is 52.9 Å². The van der Waals surface area contributed by atoms with Gasteiger partial charge in [-0.1, -0.05) is 30.3 Å². The van der Waals surface area contributed by atoms with E-state index in [1.54, 1.807) is 11.3 Å². The summed E-state index contributed by atoms with van der Waals surface area (Å²) in [6.45, 7) is 2.05. The molecule has 3 heteroatoms. The molecule has 1 saturated carbocycles. The number of nitrogens with one attached hydrogen (secondary N) is 1. The fraction of sp³-hybridized carbons (Fsp3) is 0.267. The molecule has 0 bridgehead atoms. The van der Waals surface area contributed by atoms with Gasteiger partial charge < -0.3 is 5.32 Å². The van der Waals surface area contributed by atoms with Crippen molar-refractivity contribution < 1.29 is 4.79 Å². The Balaban J connectivity index is 1.81. The van der Waals surface area contributed by atoms with Crippen LogP contribution in [0.5, 0.6) is 0 Å². The second kappa shape index (κ2) is 4.25. The molecule has 1 amide bonds. The first-order chi connectivity index (χ1) is 8.71. The molecular weight excluding hydrogens is 242 g/mol. The Hall–Kier alpha value is -1.61. The third-order valence-corrected chi connectivity index (χ3v) is 4.40. The van der Waals surface area contributed by atoms with E-state index in [0.29, 0.717) is 0 Å². The fourth-order valence-corrected chi connectivity index (χ4v) is 3.03. The summed E-state index contributed by atoms with van der Waals surface area (Å²) in [5.41, 5.74) is 0.856. The first kappa shape index (κ1) is 11.5. The predicted octanol–water partition coefficient (Wildman–Crippen LogP) is 3.73. The highest BCUT2D eigenvalue weighted by Gasteiger charge is 2.51. The van der Waals surface area contributed by atoms with Crippen LogP contribution in [0.2, 0.25) is 0 Å². The number of thiophene rings is 1. The molecule has 0 spiro atoms. The largest absolute Gasteiger partial charge is 0.317 e. The number of benzene rings is 1. The van der Waals surface area contributed by atoms with Crippen molar-refractivity contribution in [3.8, 4) is 0 Å². The van der Waals surface area contributed by atoms with Crippen molar-refractivity contribution in [3.63, 3.8) is 0 Å². The minimum atomic E-state index is -0.279. The van der Waals surface area contributed by atoms with Crippen LogP contribution >= 0.6 is 11.3 Å². The number of aryl methyl sites for hydroxylation is 1. The molecule has 1 aromatic heterocycles. The summed E-state index contributed by atoms with van der Waals surface area (Å²) in [5, 5.41) is 3.99. The van der Waals surface area contributed by atoms with E-state index in [4.69, 9.17) is 0 Å². The van der Waals surface area contributed by atoms with Gasteiger partial charge in [0.05, 0.1) is 10.4 Å². The molecule has 0 radical (unpaired) electrons. The summed E-state index contributed by atoms with van der Waals surface area (Å²) in [5.74, 6) is 0.135. The lowest BCUT2D eigenvalue weighted by Crippen LogP contribution is -2.27. The van der Waals surface area contributed by atoms with Gasteiger partial charge in [0.15, 0.2) is 0 Å². The average Bonchev–Trinajstić information content (AvgIpc) is 3.10. The SMILES string of the molecule is Cc1ccc(NC(=O)C2(c3ccccc3)CC2)s1. The Bertz CT molecular complexity index is 569. The summed E-state index contributed by atoms with van der Waals surface area (Å²) in [6.07, 6.45) is 1.90. The smallest absolute Gasteiger partial charge is 0.235 e. The van der Waals surface area contributed by atoms with Crippen LogP contribution in [0.4, 0.5) is 5.00 Å². The van der Waals surface area contributed by atoms with E-state index in [1.165, 1.54) is 4.88 Å². The molecule has 2 nitrogen and oxygen atoms in total. The second-order valence-corrected chi connectivity index (χ2v) is 6.10. The van der Waals surface area contributed by atoms with E-state index in [-0.39, 0.29) is 11.3 Å². The maximum atomic E-state index is 12.4. The number of amides is 1. The maximum Gasteiger partial charge on any atom is 0.235 e. The zero-order valence-electron chi connectivity index (χ0n) is 10.3. The van der Waals surface area contributed by atoms with Gasteiger partial charge in [0, 0.05) is 4.88 Å². The van der Waals surface area contributed by atoms with Crippen LogP contribution in [0.3, 0.4) is 0 Å². The summed E-state index contributed by atoms with van der Waals surface area (Å²) in [6, 6.07) is 14.1. The highest BCUT2D eigenvalue weighted by molar-refractivity contribution is 7.16. The molecule has 18 heavy (non-hydrogen) atoms. The molecule has 0 aliphatic heterocycles. The molecular formula is C15H15NOS. The highest BCUT2D eigenvalue weighted by Crippen LogP contribution is 2.49. The third kappa shape index (κ3) is 1.95. The molecule has 92 valence electrons. The van der Waals surface area contributed by atoms with E-state index >= 15 is 0 Å². The Morgan fingerprint density at radius 2 is 1.89 bits per heavy atom. The second-order valence-electron chi connectivity index (χ2n) is 4.81. The van der Waals surface area contributed by atoms with Crippen LogP contribution < -0.4 is 5.32 Å². The first-order valence-electron chi connectivity index (χ1n) is 6.14. The maximum absolute atomic E-state index is 12.4. The average molecular weight is 257 g/mol. The number of rotatable bonds is 3. The third-order valence-electron chi connectivity index (χ3n) is 3.49. The molecule has 0 saturated heterocycles. The Labute approximate surface area is 111 Å². The van der Waals surface area contributed by atoms with Crippen LogP contribution in [-0.2, 0) is 10.2 Å². The van der Waals surface area contributed by atoms with Gasteiger partial charge in [0.1, 0.15) is 0 Å². The van der Waals surface area contributed by atoms with Crippen molar-refractivity contribution in [1.82, 2.24) is 0 Å². The van der Waals surface area contributed by atoms with E-state index in [9.17, 15) is 4.79 Å². The zero-order valence-corrected chi connectivity index (χ0v) is 11.1. The van der Waals surface area contributed by atoms with Crippen molar-refractivity contribution >= 4 is 22.2 Å². The van der Waals surface area contributed by atoms with E-state index < -0.39 is 0 Å². The lowest BCUT2D eigenvalue weighted by molar-refractivity contribution is -0.118. The predicted molar refractivity (Wildman–Crippen MR) is 75.0 cm³/mol. The normalized spacial score (nSPS) is 16.3. The summed E-state index contributed by atoms with van der Waals surface area (Å²) in [7, 11) is 0. The van der Waals surface area contributed by atoms with Crippen LogP contribution in [0.15, 0.2) is 42.5 Å². The van der Waals surface area contributed by atoms with Gasteiger partial charge in [-0.25, -0.2) is 0 Å². The molecule has 1 heterocycles. The number of hydrogen-bond acceptors (Lipinski definition) is 2. The van der Waals surface area contributed by atoms with Crippen molar-refractivity contribution in [2.75, 3.05) is 5.32 Å². The molecule has 0 atom stereocenters. The molecule has 0 unspecified atom stereocenters. The van der Waals surface area contributed by atoms with Crippen LogP contribution in [-0.4, -0.2) is 5.91 Å². The van der Waals surface area contributed by atoms with Crippen LogP contribution in [0.25, 0.3) is 0 Å². The topological polar surface area (TPSA) is 29.1 Å². The van der Waals surface area contributed by atoms with Gasteiger partial charge >= 0.3 is 0 Å². The van der Waals surface area contributed by atoms with E-state index in [1.807, 2.05) is 49.4 Å². The Kier molecular flexibility index (Phi) is 2.71. The van der Waals surface area contributed by atoms with Crippen molar-refractivity contribution in [2.24, 2.45) is 0 Å². The Morgan fingerprint density at radius 3 is 2.44 bits per heavy atom. The number of carbonyl (C=O) groups is 1.